The van der Waals surface area contributed by atoms with Crippen LogP contribution in [0, 0.1) is 6.92 Å². The van der Waals surface area contributed by atoms with Crippen LogP contribution in [-0.4, -0.2) is 88.3 Å². The maximum absolute atomic E-state index is 13.8. The summed E-state index contributed by atoms with van der Waals surface area (Å²) in [5.41, 5.74) is 4.01. The number of nitrogens with zero attached hydrogens (tertiary/aromatic N) is 2. The van der Waals surface area contributed by atoms with Gasteiger partial charge < -0.3 is 46.3 Å². The van der Waals surface area contributed by atoms with Crippen molar-refractivity contribution >= 4 is 47.1 Å². The normalized spacial score (nSPS) is 12.3. The monoisotopic (exact) mass is 962 g/mol. The zero-order valence-electron chi connectivity index (χ0n) is 35.6. The third-order valence-electron chi connectivity index (χ3n) is 10.2. The van der Waals surface area contributed by atoms with Gasteiger partial charge in [-0.2, -0.15) is 0 Å². The van der Waals surface area contributed by atoms with Crippen LogP contribution in [0.3, 0.4) is 0 Å². The molecule has 64 heavy (non-hydrogen) atoms. The molecular formula is C46H55N7O10Tc. The van der Waals surface area contributed by atoms with Gasteiger partial charge in [0, 0.05) is 57.2 Å². The standard InChI is InChI=1S/C46H55N7O10.Tc/c1-31-11-4-5-13-36(31)52-46(61)49-34-19-16-32(17-20-34)25-42(55)50-37(45(60)51-38(27-43(56)57)33-18-21-39-40(26-33)63-30-62-39)14-7-9-23-48-41(54)15-3-2-10-24-53(29-44(58)59)28-35-12-6-8-22-47-35;/h4-6,8,11-13,16-22,26,37-38H,2-3,7,9-10,14-15,23-25,27-30H2,1H3,(H,48,54)(H,50,55)(H,51,60)(H,56,57)(H,58,59)(H2,49,52,61);/t37-,38-;/m0./s1. The minimum Gasteiger partial charge on any atom is -0.481 e. The van der Waals surface area contributed by atoms with Crippen molar-refractivity contribution in [1.82, 2.24) is 25.8 Å². The Balaban J connectivity index is 0.00000898. The quantitative estimate of drug-likeness (QED) is 0.0405. The maximum Gasteiger partial charge on any atom is 0.323 e. The first kappa shape index (κ1) is 50.3. The molecule has 1 aliphatic rings. The van der Waals surface area contributed by atoms with Crippen LogP contribution in [0.4, 0.5) is 16.2 Å². The number of carboxylic acid groups (broad SMARTS) is 2. The number of anilines is 2. The molecule has 2 atom stereocenters. The predicted octanol–water partition coefficient (Wildman–Crippen LogP) is 5.55. The Morgan fingerprint density at radius 1 is 0.781 bits per heavy atom. The van der Waals surface area contributed by atoms with Crippen LogP contribution in [0.25, 0.3) is 0 Å². The number of fused-ring (bicyclic) bond motifs is 1. The third-order valence-corrected chi connectivity index (χ3v) is 10.2. The summed E-state index contributed by atoms with van der Waals surface area (Å²) >= 11 is 0. The average Bonchev–Trinajstić information content (AvgIpc) is 3.72. The summed E-state index contributed by atoms with van der Waals surface area (Å²) in [6, 6.07) is 22.2. The van der Waals surface area contributed by atoms with Gasteiger partial charge >= 0.3 is 18.0 Å². The SMILES string of the molecule is Cc1ccccc1NC(=O)Nc1ccc(CC(=O)N[C@@H](CCCCNC(=O)CCCCCN(CC(=O)O)Cc2ccccn2)C(=O)N[C@@H](CC(=O)O)c2ccc3c(c2)OCO3)cc1.[Tc]. The van der Waals surface area contributed by atoms with E-state index in [4.69, 9.17) is 9.47 Å². The van der Waals surface area contributed by atoms with Crippen molar-refractivity contribution in [1.29, 1.82) is 0 Å². The molecule has 7 N–H and O–H groups in total. The zero-order valence-corrected chi connectivity index (χ0v) is 37.5. The number of amides is 5. The smallest absolute Gasteiger partial charge is 0.323 e. The number of carboxylic acids is 2. The molecule has 3 aromatic carbocycles. The molecule has 2 heterocycles. The number of aliphatic carboxylic acids is 2. The second-order valence-electron chi connectivity index (χ2n) is 15.2. The number of urea groups is 1. The number of ether oxygens (including phenoxy) is 2. The van der Waals surface area contributed by atoms with Gasteiger partial charge in [0.25, 0.3) is 0 Å². The van der Waals surface area contributed by atoms with E-state index in [9.17, 15) is 39.0 Å². The summed E-state index contributed by atoms with van der Waals surface area (Å²) in [7, 11) is 0. The fourth-order valence-corrected chi connectivity index (χ4v) is 6.95. The number of nitrogens with one attached hydrogen (secondary N) is 5. The second-order valence-corrected chi connectivity index (χ2v) is 15.2. The summed E-state index contributed by atoms with van der Waals surface area (Å²) in [4.78, 5) is 81.7. The summed E-state index contributed by atoms with van der Waals surface area (Å²) < 4.78 is 10.8. The molecule has 0 saturated heterocycles. The van der Waals surface area contributed by atoms with Crippen LogP contribution < -0.4 is 36.1 Å². The molecule has 5 amide bonds. The van der Waals surface area contributed by atoms with E-state index >= 15 is 0 Å². The minimum absolute atomic E-state index is 0. The number of rotatable bonds is 25. The molecule has 1 radical (unpaired) electrons. The van der Waals surface area contributed by atoms with Crippen LogP contribution in [-0.2, 0) is 57.0 Å². The number of carbonyl (C=O) groups is 6. The van der Waals surface area contributed by atoms with E-state index in [0.29, 0.717) is 79.3 Å². The molecule has 0 saturated carbocycles. The van der Waals surface area contributed by atoms with Crippen LogP contribution in [0.5, 0.6) is 11.5 Å². The van der Waals surface area contributed by atoms with E-state index < -0.39 is 48.3 Å². The van der Waals surface area contributed by atoms with Crippen molar-refractivity contribution in [2.45, 2.75) is 83.3 Å². The molecule has 18 heteroatoms. The number of benzene rings is 3. The molecule has 4 aromatic rings. The fraction of sp³-hybridized carbons (Fsp3) is 0.370. The van der Waals surface area contributed by atoms with Gasteiger partial charge in [-0.15, -0.1) is 0 Å². The number of para-hydroxylation sites is 1. The molecule has 0 fully saturated rings. The van der Waals surface area contributed by atoms with Gasteiger partial charge in [0.2, 0.25) is 24.5 Å². The van der Waals surface area contributed by atoms with Gasteiger partial charge in [0.15, 0.2) is 11.5 Å². The number of hydrogen-bond donors (Lipinski definition) is 7. The Hall–Kier alpha value is -6.36. The number of aryl methyl sites for hydroxylation is 1. The third kappa shape index (κ3) is 17.4. The van der Waals surface area contributed by atoms with Crippen molar-refractivity contribution in [2.24, 2.45) is 0 Å². The first-order valence-corrected chi connectivity index (χ1v) is 21.0. The van der Waals surface area contributed by atoms with E-state index in [0.717, 1.165) is 24.1 Å². The van der Waals surface area contributed by atoms with Crippen molar-refractivity contribution in [3.05, 3.63) is 114 Å². The predicted molar refractivity (Wildman–Crippen MR) is 234 cm³/mol. The Bertz CT molecular complexity index is 2180. The second kappa shape index (κ2) is 26.3. The number of aromatic nitrogens is 1. The van der Waals surface area contributed by atoms with Crippen LogP contribution in [0.2, 0.25) is 0 Å². The molecule has 1 aromatic heterocycles. The molecule has 0 unspecified atom stereocenters. The van der Waals surface area contributed by atoms with E-state index in [1.165, 1.54) is 0 Å². The van der Waals surface area contributed by atoms with Gasteiger partial charge in [-0.05, 0) is 105 Å². The number of pyridine rings is 1. The van der Waals surface area contributed by atoms with Gasteiger partial charge in [-0.1, -0.05) is 48.9 Å². The number of carbonyl (C=O) groups excluding carboxylic acids is 4. The Morgan fingerprint density at radius 2 is 1.55 bits per heavy atom. The molecule has 341 valence electrons. The molecule has 5 rings (SSSR count). The Morgan fingerprint density at radius 3 is 2.28 bits per heavy atom. The van der Waals surface area contributed by atoms with E-state index in [1.54, 1.807) is 60.8 Å². The van der Waals surface area contributed by atoms with Gasteiger partial charge in [0.1, 0.15) is 6.04 Å². The van der Waals surface area contributed by atoms with E-state index in [-0.39, 0.29) is 52.2 Å². The first-order valence-electron chi connectivity index (χ1n) is 21.0. The largest absolute Gasteiger partial charge is 0.481 e. The minimum atomic E-state index is -1.14. The Kier molecular flexibility index (Phi) is 20.7. The molecule has 0 bridgehead atoms. The van der Waals surface area contributed by atoms with Gasteiger partial charge in [-0.3, -0.25) is 33.9 Å². The molecule has 17 nitrogen and oxygen atoms in total. The van der Waals surface area contributed by atoms with Crippen LogP contribution in [0.1, 0.15) is 79.8 Å². The summed E-state index contributed by atoms with van der Waals surface area (Å²) in [5, 5.41) is 33.1. The van der Waals surface area contributed by atoms with Gasteiger partial charge in [-0.25, -0.2) is 4.79 Å². The van der Waals surface area contributed by atoms with Crippen molar-refractivity contribution in [3.8, 4) is 11.5 Å². The Labute approximate surface area is 385 Å². The fourth-order valence-electron chi connectivity index (χ4n) is 6.95. The van der Waals surface area contributed by atoms with Crippen LogP contribution >= 0.6 is 0 Å². The first-order chi connectivity index (χ1) is 30.4. The van der Waals surface area contributed by atoms with Crippen molar-refractivity contribution in [2.75, 3.05) is 37.1 Å². The molecule has 1 aliphatic heterocycles. The zero-order chi connectivity index (χ0) is 45.0. The topological polar surface area (TPSA) is 238 Å². The maximum atomic E-state index is 13.8. The summed E-state index contributed by atoms with van der Waals surface area (Å²) in [6.07, 6.45) is 4.75. The van der Waals surface area contributed by atoms with Crippen LogP contribution in [0.15, 0.2) is 91.1 Å². The van der Waals surface area contributed by atoms with E-state index in [2.05, 4.69) is 31.6 Å². The van der Waals surface area contributed by atoms with Crippen molar-refractivity contribution in [3.63, 3.8) is 0 Å². The van der Waals surface area contributed by atoms with Crippen molar-refractivity contribution < 1.29 is 68.6 Å². The van der Waals surface area contributed by atoms with Gasteiger partial charge in [0.05, 0.1) is 31.1 Å². The molecular weight excluding hydrogens is 909 g/mol. The average molecular weight is 964 g/mol. The number of unbranched alkanes of at least 4 members (excludes halogenated alkanes) is 3. The number of hydrogen-bond acceptors (Lipinski definition) is 10. The summed E-state index contributed by atoms with van der Waals surface area (Å²) in [5.74, 6) is -2.26. The molecule has 0 aliphatic carbocycles. The van der Waals surface area contributed by atoms with E-state index in [1.807, 2.05) is 42.2 Å². The molecule has 0 spiro atoms. The summed E-state index contributed by atoms with van der Waals surface area (Å²) in [6.45, 7) is 3.14.